The number of anilines is 1. The van der Waals surface area contributed by atoms with Crippen LogP contribution in [0.2, 0.25) is 0 Å². The van der Waals surface area contributed by atoms with E-state index in [0.29, 0.717) is 12.2 Å². The number of nitrogens with zero attached hydrogens (tertiary/aromatic N) is 1. The van der Waals surface area contributed by atoms with Gasteiger partial charge in [0.2, 0.25) is 0 Å². The molecule has 0 heterocycles. The monoisotopic (exact) mass is 254 g/mol. The molecule has 0 saturated heterocycles. The van der Waals surface area contributed by atoms with E-state index in [1.165, 1.54) is 0 Å². The van der Waals surface area contributed by atoms with Gasteiger partial charge < -0.3 is 10.1 Å². The Hall–Kier alpha value is -2.05. The first-order valence-corrected chi connectivity index (χ1v) is 6.26. The van der Waals surface area contributed by atoms with Gasteiger partial charge in [0.05, 0.1) is 23.8 Å². The van der Waals surface area contributed by atoms with Crippen LogP contribution < -0.4 is 5.32 Å². The molecule has 0 aromatic heterocycles. The van der Waals surface area contributed by atoms with E-state index in [9.17, 15) is 0 Å². The minimum absolute atomic E-state index is 0.161. The van der Waals surface area contributed by atoms with Crippen molar-refractivity contribution in [3.63, 3.8) is 0 Å². The highest BCUT2D eigenvalue weighted by molar-refractivity contribution is 5.97. The van der Waals surface area contributed by atoms with E-state index in [1.807, 2.05) is 36.4 Å². The number of ether oxygens (including phenoxy) is 1. The third kappa shape index (κ3) is 2.86. The van der Waals surface area contributed by atoms with E-state index in [4.69, 9.17) is 10.00 Å². The van der Waals surface area contributed by atoms with Crippen LogP contribution in [0, 0.1) is 11.3 Å². The van der Waals surface area contributed by atoms with Gasteiger partial charge in [-0.1, -0.05) is 24.3 Å². The number of nitriles is 1. The molecule has 2 rings (SSSR count). The summed E-state index contributed by atoms with van der Waals surface area (Å²) >= 11 is 0. The lowest BCUT2D eigenvalue weighted by atomic mass is 10.0. The molecular weight excluding hydrogens is 236 g/mol. The largest absolute Gasteiger partial charge is 0.382 e. The van der Waals surface area contributed by atoms with Gasteiger partial charge in [0, 0.05) is 23.6 Å². The van der Waals surface area contributed by atoms with Gasteiger partial charge in [0.15, 0.2) is 0 Å². The molecule has 0 spiro atoms. The summed E-state index contributed by atoms with van der Waals surface area (Å²) in [4.78, 5) is 0. The van der Waals surface area contributed by atoms with Crippen molar-refractivity contribution in [2.75, 3.05) is 19.0 Å². The third-order valence-electron chi connectivity index (χ3n) is 3.02. The standard InChI is InChI=1S/C16H18N2O/c1-16(2,11-19-3)18-15-9-8-12(10-17)13-6-4-5-7-14(13)15/h4-9,18H,11H2,1-3H3. The molecule has 3 heteroatoms. The minimum Gasteiger partial charge on any atom is -0.382 e. The summed E-state index contributed by atoms with van der Waals surface area (Å²) in [7, 11) is 1.69. The summed E-state index contributed by atoms with van der Waals surface area (Å²) in [6, 6.07) is 14.0. The lowest BCUT2D eigenvalue weighted by Crippen LogP contribution is -2.35. The summed E-state index contributed by atoms with van der Waals surface area (Å²) in [6.45, 7) is 4.79. The lowest BCUT2D eigenvalue weighted by Gasteiger charge is -2.27. The molecule has 2 aromatic carbocycles. The summed E-state index contributed by atoms with van der Waals surface area (Å²) in [5.41, 5.74) is 1.56. The lowest BCUT2D eigenvalue weighted by molar-refractivity contribution is 0.158. The maximum Gasteiger partial charge on any atom is 0.0998 e. The number of hydrogen-bond acceptors (Lipinski definition) is 3. The summed E-state index contributed by atoms with van der Waals surface area (Å²) < 4.78 is 5.22. The van der Waals surface area contributed by atoms with E-state index in [0.717, 1.165) is 16.5 Å². The molecule has 1 N–H and O–H groups in total. The second-order valence-corrected chi connectivity index (χ2v) is 5.26. The topological polar surface area (TPSA) is 45.0 Å². The Morgan fingerprint density at radius 1 is 1.16 bits per heavy atom. The molecule has 98 valence electrons. The molecule has 0 unspecified atom stereocenters. The summed E-state index contributed by atoms with van der Waals surface area (Å²) in [5.74, 6) is 0. The molecule has 0 bridgehead atoms. The zero-order valence-electron chi connectivity index (χ0n) is 11.5. The first-order chi connectivity index (χ1) is 9.07. The van der Waals surface area contributed by atoms with Gasteiger partial charge in [-0.3, -0.25) is 0 Å². The second kappa shape index (κ2) is 5.29. The molecule has 0 saturated carbocycles. The highest BCUT2D eigenvalue weighted by Gasteiger charge is 2.18. The molecule has 0 amide bonds. The van der Waals surface area contributed by atoms with Crippen molar-refractivity contribution in [3.8, 4) is 6.07 Å². The fourth-order valence-corrected chi connectivity index (χ4v) is 2.27. The van der Waals surface area contributed by atoms with E-state index in [1.54, 1.807) is 7.11 Å². The minimum atomic E-state index is -0.161. The number of fused-ring (bicyclic) bond motifs is 1. The molecule has 0 aliphatic carbocycles. The Morgan fingerprint density at radius 2 is 1.84 bits per heavy atom. The van der Waals surface area contributed by atoms with Crippen LogP contribution in [-0.2, 0) is 4.74 Å². The van der Waals surface area contributed by atoms with Crippen LogP contribution in [0.4, 0.5) is 5.69 Å². The highest BCUT2D eigenvalue weighted by atomic mass is 16.5. The van der Waals surface area contributed by atoms with Gasteiger partial charge in [0.1, 0.15) is 0 Å². The number of nitrogens with one attached hydrogen (secondary N) is 1. The van der Waals surface area contributed by atoms with Crippen LogP contribution in [0.1, 0.15) is 19.4 Å². The van der Waals surface area contributed by atoms with E-state index < -0.39 is 0 Å². The molecule has 3 nitrogen and oxygen atoms in total. The van der Waals surface area contributed by atoms with Crippen molar-refractivity contribution < 1.29 is 4.74 Å². The smallest absolute Gasteiger partial charge is 0.0998 e. The Bertz CT molecular complexity index is 626. The zero-order chi connectivity index (χ0) is 13.9. The maximum atomic E-state index is 9.15. The SMILES string of the molecule is COCC(C)(C)Nc1ccc(C#N)c2ccccc12. The Kier molecular flexibility index (Phi) is 3.73. The molecule has 0 fully saturated rings. The summed E-state index contributed by atoms with van der Waals surface area (Å²) in [5, 5.41) is 14.7. The van der Waals surface area contributed by atoms with Gasteiger partial charge in [0.25, 0.3) is 0 Å². The van der Waals surface area contributed by atoms with Crippen LogP contribution >= 0.6 is 0 Å². The van der Waals surface area contributed by atoms with Gasteiger partial charge >= 0.3 is 0 Å². The van der Waals surface area contributed by atoms with Crippen molar-refractivity contribution in [1.29, 1.82) is 5.26 Å². The van der Waals surface area contributed by atoms with E-state index in [-0.39, 0.29) is 5.54 Å². The molecule has 0 radical (unpaired) electrons. The Labute approximate surface area is 113 Å². The van der Waals surface area contributed by atoms with Crippen molar-refractivity contribution in [2.24, 2.45) is 0 Å². The fraction of sp³-hybridized carbons (Fsp3) is 0.312. The molecule has 0 aliphatic rings. The Balaban J connectivity index is 2.49. The maximum absolute atomic E-state index is 9.15. The van der Waals surface area contributed by atoms with Crippen molar-refractivity contribution in [2.45, 2.75) is 19.4 Å². The number of rotatable bonds is 4. The van der Waals surface area contributed by atoms with Gasteiger partial charge in [-0.05, 0) is 26.0 Å². The van der Waals surface area contributed by atoms with Crippen LogP contribution in [0.5, 0.6) is 0 Å². The van der Waals surface area contributed by atoms with E-state index in [2.05, 4.69) is 25.2 Å². The number of methoxy groups -OCH3 is 1. The average molecular weight is 254 g/mol. The predicted molar refractivity (Wildman–Crippen MR) is 78.2 cm³/mol. The predicted octanol–water partition coefficient (Wildman–Crippen LogP) is 3.55. The van der Waals surface area contributed by atoms with Gasteiger partial charge in [-0.25, -0.2) is 0 Å². The third-order valence-corrected chi connectivity index (χ3v) is 3.02. The average Bonchev–Trinajstić information content (AvgIpc) is 2.39. The van der Waals surface area contributed by atoms with Crippen LogP contribution in [0.3, 0.4) is 0 Å². The normalized spacial score (nSPS) is 11.3. The summed E-state index contributed by atoms with van der Waals surface area (Å²) in [6.07, 6.45) is 0. The van der Waals surface area contributed by atoms with E-state index >= 15 is 0 Å². The molecule has 0 atom stereocenters. The first-order valence-electron chi connectivity index (χ1n) is 6.26. The van der Waals surface area contributed by atoms with Gasteiger partial charge in [-0.15, -0.1) is 0 Å². The Morgan fingerprint density at radius 3 is 2.47 bits per heavy atom. The number of benzene rings is 2. The molecule has 19 heavy (non-hydrogen) atoms. The number of hydrogen-bond donors (Lipinski definition) is 1. The fourth-order valence-electron chi connectivity index (χ4n) is 2.27. The molecular formula is C16H18N2O. The van der Waals surface area contributed by atoms with Crippen LogP contribution in [0.15, 0.2) is 36.4 Å². The first kappa shape index (κ1) is 13.4. The highest BCUT2D eigenvalue weighted by Crippen LogP contribution is 2.28. The van der Waals surface area contributed by atoms with Crippen molar-refractivity contribution in [3.05, 3.63) is 42.0 Å². The van der Waals surface area contributed by atoms with Crippen LogP contribution in [-0.4, -0.2) is 19.3 Å². The van der Waals surface area contributed by atoms with Crippen LogP contribution in [0.25, 0.3) is 10.8 Å². The molecule has 0 aliphatic heterocycles. The van der Waals surface area contributed by atoms with Crippen molar-refractivity contribution >= 4 is 16.5 Å². The second-order valence-electron chi connectivity index (χ2n) is 5.26. The zero-order valence-corrected chi connectivity index (χ0v) is 11.5. The van der Waals surface area contributed by atoms with Crippen molar-refractivity contribution in [1.82, 2.24) is 0 Å². The van der Waals surface area contributed by atoms with Gasteiger partial charge in [-0.2, -0.15) is 5.26 Å². The molecule has 2 aromatic rings. The quantitative estimate of drug-likeness (QED) is 0.907.